The zero-order chi connectivity index (χ0) is 25.2. The normalized spacial score (nSPS) is 19.2. The molecule has 2 atom stereocenters. The van der Waals surface area contributed by atoms with E-state index in [0.29, 0.717) is 12.1 Å². The van der Waals surface area contributed by atoms with Crippen LogP contribution in [-0.2, 0) is 0 Å². The number of hydrogen-bond acceptors (Lipinski definition) is 6. The lowest BCUT2D eigenvalue weighted by molar-refractivity contribution is 0.292. The van der Waals surface area contributed by atoms with Crippen LogP contribution in [0.4, 0.5) is 5.69 Å². The molecule has 0 aliphatic carbocycles. The predicted molar refractivity (Wildman–Crippen MR) is 149 cm³/mol. The Bertz CT molecular complexity index is 1800. The highest BCUT2D eigenvalue weighted by Crippen LogP contribution is 2.40. The van der Waals surface area contributed by atoms with Crippen molar-refractivity contribution in [2.75, 3.05) is 25.0 Å². The lowest BCUT2D eigenvalue weighted by atomic mass is 9.99. The maximum absolute atomic E-state index is 5.18. The molecule has 0 spiro atoms. The first-order valence-corrected chi connectivity index (χ1v) is 13.0. The summed E-state index contributed by atoms with van der Waals surface area (Å²) < 4.78 is 1.99. The number of likely N-dealkylation sites (tertiary alicyclic amines) is 1. The van der Waals surface area contributed by atoms with Gasteiger partial charge >= 0.3 is 0 Å². The minimum absolute atomic E-state index is 0.586. The number of nitrogens with zero attached hydrogens (tertiary/aromatic N) is 7. The molecule has 0 unspecified atom stereocenters. The summed E-state index contributed by atoms with van der Waals surface area (Å²) in [5, 5.41) is 13.6. The van der Waals surface area contributed by atoms with Crippen LogP contribution in [0.25, 0.3) is 50.2 Å². The van der Waals surface area contributed by atoms with Crippen molar-refractivity contribution in [2.24, 2.45) is 0 Å². The van der Waals surface area contributed by atoms with E-state index in [-0.39, 0.29) is 0 Å². The monoisotopic (exact) mass is 498 g/mol. The van der Waals surface area contributed by atoms with E-state index in [0.717, 1.165) is 63.3 Å². The van der Waals surface area contributed by atoms with Gasteiger partial charge in [-0.25, -0.2) is 9.50 Å². The van der Waals surface area contributed by atoms with Crippen molar-refractivity contribution in [3.05, 3.63) is 85.5 Å². The first-order chi connectivity index (χ1) is 18.7. The molecule has 4 aromatic heterocycles. The van der Waals surface area contributed by atoms with Gasteiger partial charge in [0, 0.05) is 66.0 Å². The van der Waals surface area contributed by atoms with Crippen molar-refractivity contribution in [3.8, 4) is 33.6 Å². The number of likely N-dealkylation sites (N-methyl/N-ethyl adjacent to an activating group) is 1. The average Bonchev–Trinajstić information content (AvgIpc) is 3.75. The summed E-state index contributed by atoms with van der Waals surface area (Å²) in [6.07, 6.45) is 8.62. The summed E-state index contributed by atoms with van der Waals surface area (Å²) in [6.45, 7) is 2.22. The summed E-state index contributed by atoms with van der Waals surface area (Å²) in [5.74, 6) is 0. The van der Waals surface area contributed by atoms with E-state index in [9.17, 15) is 0 Å². The van der Waals surface area contributed by atoms with Gasteiger partial charge in [0.15, 0.2) is 5.65 Å². The van der Waals surface area contributed by atoms with Crippen LogP contribution in [0, 0.1) is 0 Å². The highest BCUT2D eigenvalue weighted by atomic mass is 15.3. The molecule has 0 amide bonds. The van der Waals surface area contributed by atoms with Crippen molar-refractivity contribution in [2.45, 2.75) is 18.5 Å². The number of aromatic amines is 1. The Morgan fingerprint density at radius 1 is 0.895 bits per heavy atom. The summed E-state index contributed by atoms with van der Waals surface area (Å²) in [5.41, 5.74) is 9.12. The predicted octanol–water partition coefficient (Wildman–Crippen LogP) is 4.89. The zero-order valence-electron chi connectivity index (χ0n) is 21.0. The van der Waals surface area contributed by atoms with E-state index in [1.54, 1.807) is 12.4 Å². The minimum Gasteiger partial charge on any atom is -0.366 e. The van der Waals surface area contributed by atoms with Crippen LogP contribution in [-0.4, -0.2) is 66.9 Å². The fourth-order valence-electron chi connectivity index (χ4n) is 6.34. The van der Waals surface area contributed by atoms with Gasteiger partial charge < -0.3 is 4.90 Å². The molecular formula is C30H26N8. The van der Waals surface area contributed by atoms with Gasteiger partial charge in [0.25, 0.3) is 0 Å². The van der Waals surface area contributed by atoms with Gasteiger partial charge in [-0.3, -0.25) is 15.0 Å². The standard InChI is InChI=1S/C30H26N8/c1-36-17-23-15-22(36)18-37(23)21-5-2-4-20(14-21)27-10-13-32-30-28(24-6-3-7-26-25(24)16-33-34-26)29(35-38(27)30)19-8-11-31-12-9-19/h2-14,16,22-23H,15,17-18H2,1H3,(H,33,34)/t22-,23+/m0/s1. The number of rotatable bonds is 4. The summed E-state index contributed by atoms with van der Waals surface area (Å²) in [6, 6.07) is 22.4. The average molecular weight is 499 g/mol. The number of fused-ring (bicyclic) bond motifs is 4. The molecule has 0 saturated carbocycles. The molecule has 186 valence electrons. The number of nitrogens with one attached hydrogen (secondary N) is 1. The molecule has 2 fully saturated rings. The van der Waals surface area contributed by atoms with Crippen LogP contribution in [0.15, 0.2) is 85.5 Å². The molecule has 2 aliphatic rings. The molecule has 38 heavy (non-hydrogen) atoms. The third-order valence-electron chi connectivity index (χ3n) is 8.21. The smallest absolute Gasteiger partial charge is 0.164 e. The van der Waals surface area contributed by atoms with Crippen LogP contribution < -0.4 is 4.90 Å². The quantitative estimate of drug-likeness (QED) is 0.373. The molecule has 8 heteroatoms. The maximum atomic E-state index is 5.18. The highest BCUT2D eigenvalue weighted by Gasteiger charge is 2.41. The van der Waals surface area contributed by atoms with Crippen molar-refractivity contribution >= 4 is 22.2 Å². The van der Waals surface area contributed by atoms with E-state index in [2.05, 4.69) is 68.4 Å². The second kappa shape index (κ2) is 8.22. The molecule has 6 aromatic rings. The van der Waals surface area contributed by atoms with Crippen molar-refractivity contribution < 1.29 is 0 Å². The maximum Gasteiger partial charge on any atom is 0.164 e. The number of benzene rings is 2. The Hall–Kier alpha value is -4.56. The number of pyridine rings is 1. The molecule has 2 aromatic carbocycles. The van der Waals surface area contributed by atoms with Crippen molar-refractivity contribution in [1.29, 1.82) is 0 Å². The number of piperazine rings is 1. The summed E-state index contributed by atoms with van der Waals surface area (Å²) >= 11 is 0. The molecule has 2 aliphatic heterocycles. The second-order valence-electron chi connectivity index (χ2n) is 10.3. The van der Waals surface area contributed by atoms with Crippen LogP contribution >= 0.6 is 0 Å². The Labute approximate surface area is 219 Å². The summed E-state index contributed by atoms with van der Waals surface area (Å²) in [7, 11) is 2.24. The van der Waals surface area contributed by atoms with Crippen LogP contribution in [0.1, 0.15) is 6.42 Å². The Balaban J connectivity index is 1.33. The molecule has 8 rings (SSSR count). The minimum atomic E-state index is 0.586. The molecule has 2 bridgehead atoms. The second-order valence-corrected chi connectivity index (χ2v) is 10.3. The van der Waals surface area contributed by atoms with E-state index in [1.807, 2.05) is 41.2 Å². The van der Waals surface area contributed by atoms with Gasteiger partial charge in [0.05, 0.1) is 23.0 Å². The largest absolute Gasteiger partial charge is 0.366 e. The lowest BCUT2D eigenvalue weighted by Gasteiger charge is -2.33. The van der Waals surface area contributed by atoms with E-state index < -0.39 is 0 Å². The van der Waals surface area contributed by atoms with E-state index >= 15 is 0 Å². The van der Waals surface area contributed by atoms with Crippen LogP contribution in [0.5, 0.6) is 0 Å². The molecule has 6 heterocycles. The molecule has 1 N–H and O–H groups in total. The fourth-order valence-corrected chi connectivity index (χ4v) is 6.34. The van der Waals surface area contributed by atoms with Crippen molar-refractivity contribution in [1.82, 2.24) is 34.7 Å². The molecule has 2 saturated heterocycles. The lowest BCUT2D eigenvalue weighted by Crippen LogP contribution is -2.44. The topological polar surface area (TPSA) is 78.2 Å². The summed E-state index contributed by atoms with van der Waals surface area (Å²) in [4.78, 5) is 14.2. The first kappa shape index (κ1) is 21.5. The fraction of sp³-hybridized carbons (Fsp3) is 0.200. The van der Waals surface area contributed by atoms with Gasteiger partial charge in [-0.05, 0) is 55.4 Å². The SMILES string of the molecule is CN1C[C@H]2C[C@H]1CN2c1cccc(-c2ccnc3c(-c4cccc5[nH]ncc45)c(-c4ccncc4)nn23)c1. The zero-order valence-corrected chi connectivity index (χ0v) is 21.0. The number of H-pyrrole nitrogens is 1. The van der Waals surface area contributed by atoms with Crippen molar-refractivity contribution in [3.63, 3.8) is 0 Å². The molecule has 8 nitrogen and oxygen atoms in total. The van der Waals surface area contributed by atoms with Gasteiger partial charge in [0.2, 0.25) is 0 Å². The number of anilines is 1. The Kier molecular flexibility index (Phi) is 4.66. The van der Waals surface area contributed by atoms with Crippen LogP contribution in [0.3, 0.4) is 0 Å². The highest BCUT2D eigenvalue weighted by molar-refractivity contribution is 6.02. The van der Waals surface area contributed by atoms with Gasteiger partial charge in [-0.2, -0.15) is 10.2 Å². The first-order valence-electron chi connectivity index (χ1n) is 13.0. The number of hydrogen-bond donors (Lipinski definition) is 1. The van der Waals surface area contributed by atoms with E-state index in [4.69, 9.17) is 10.1 Å². The Morgan fingerprint density at radius 3 is 2.63 bits per heavy atom. The molecule has 0 radical (unpaired) electrons. The van der Waals surface area contributed by atoms with E-state index in [1.165, 1.54) is 12.1 Å². The third-order valence-corrected chi connectivity index (χ3v) is 8.21. The Morgan fingerprint density at radius 2 is 1.79 bits per heavy atom. The van der Waals surface area contributed by atoms with Crippen LogP contribution in [0.2, 0.25) is 0 Å². The third kappa shape index (κ3) is 3.20. The van der Waals surface area contributed by atoms with Gasteiger partial charge in [-0.1, -0.05) is 24.3 Å². The molecular weight excluding hydrogens is 472 g/mol. The van der Waals surface area contributed by atoms with Gasteiger partial charge in [0.1, 0.15) is 5.69 Å². The number of aromatic nitrogens is 6. The van der Waals surface area contributed by atoms with Gasteiger partial charge in [-0.15, -0.1) is 0 Å².